The second-order valence-electron chi connectivity index (χ2n) is 5.56. The van der Waals surface area contributed by atoms with E-state index in [1.54, 1.807) is 16.7 Å². The lowest BCUT2D eigenvalue weighted by molar-refractivity contribution is -0.117. The summed E-state index contributed by atoms with van der Waals surface area (Å²) in [6.07, 6.45) is 0.273. The second kappa shape index (κ2) is 7.57. The van der Waals surface area contributed by atoms with Crippen LogP contribution in [0.3, 0.4) is 0 Å². The van der Waals surface area contributed by atoms with Gasteiger partial charge in [0, 0.05) is 27.1 Å². The highest BCUT2D eigenvalue weighted by Gasteiger charge is 2.24. The molecule has 3 rings (SSSR count). The largest absolute Gasteiger partial charge is 0.326 e. The van der Waals surface area contributed by atoms with Crippen molar-refractivity contribution in [3.8, 4) is 0 Å². The number of carbonyl (C=O) groups is 2. The number of nitrogens with zero attached hydrogens (tertiary/aromatic N) is 1. The number of carbonyl (C=O) groups excluding carboxylic acids is 2. The number of anilines is 2. The van der Waals surface area contributed by atoms with E-state index in [0.717, 1.165) is 19.8 Å². The first kappa shape index (κ1) is 17.3. The topological polar surface area (TPSA) is 49.4 Å². The molecule has 0 saturated carbocycles. The fourth-order valence-corrected chi connectivity index (χ4v) is 3.96. The van der Waals surface area contributed by atoms with Crippen molar-refractivity contribution in [2.45, 2.75) is 18.2 Å². The summed E-state index contributed by atoms with van der Waals surface area (Å²) in [6, 6.07) is 13.6. The summed E-state index contributed by atoms with van der Waals surface area (Å²) in [5, 5.41) is 2.90. The fraction of sp³-hybridized carbons (Fsp3) is 0.222. The molecule has 0 radical (unpaired) electrons. The van der Waals surface area contributed by atoms with Crippen LogP contribution in [0.15, 0.2) is 47.4 Å². The van der Waals surface area contributed by atoms with Crippen molar-refractivity contribution in [3.63, 3.8) is 0 Å². The number of halogens is 1. The predicted octanol–water partition coefficient (Wildman–Crippen LogP) is 4.07. The van der Waals surface area contributed by atoms with Crippen molar-refractivity contribution >= 4 is 57.5 Å². The molecule has 1 aliphatic heterocycles. The zero-order valence-corrected chi connectivity index (χ0v) is 16.2. The van der Waals surface area contributed by atoms with Gasteiger partial charge in [-0.1, -0.05) is 18.2 Å². The van der Waals surface area contributed by atoms with E-state index in [-0.39, 0.29) is 18.2 Å². The van der Waals surface area contributed by atoms with E-state index in [1.807, 2.05) is 49.4 Å². The Morgan fingerprint density at radius 2 is 2.08 bits per heavy atom. The molecule has 0 saturated heterocycles. The lowest BCUT2D eigenvalue weighted by Crippen LogP contribution is -2.37. The van der Waals surface area contributed by atoms with E-state index < -0.39 is 0 Å². The molecule has 0 fully saturated rings. The van der Waals surface area contributed by atoms with Crippen molar-refractivity contribution in [1.29, 1.82) is 0 Å². The first-order valence-corrected chi connectivity index (χ1v) is 9.69. The SMILES string of the molecule is Cc1ccc(NC(=O)CCN2C(=O)CSc3ccccc32)cc1I. The summed E-state index contributed by atoms with van der Waals surface area (Å²) >= 11 is 3.80. The zero-order chi connectivity index (χ0) is 17.1. The average molecular weight is 452 g/mol. The van der Waals surface area contributed by atoms with Crippen molar-refractivity contribution < 1.29 is 9.59 Å². The summed E-state index contributed by atoms with van der Waals surface area (Å²) in [4.78, 5) is 27.2. The third kappa shape index (κ3) is 3.92. The van der Waals surface area contributed by atoms with Gasteiger partial charge in [-0.25, -0.2) is 0 Å². The number of thioether (sulfide) groups is 1. The number of aryl methyl sites for hydroxylation is 1. The standard InChI is InChI=1S/C18H17IN2O2S/c1-12-6-7-13(10-14(12)19)20-17(22)8-9-21-15-4-2-3-5-16(15)24-11-18(21)23/h2-7,10H,8-9,11H2,1H3,(H,20,22). The van der Waals surface area contributed by atoms with Crippen LogP contribution in [0, 0.1) is 10.5 Å². The zero-order valence-electron chi connectivity index (χ0n) is 13.2. The molecular weight excluding hydrogens is 435 g/mol. The Balaban J connectivity index is 1.64. The molecule has 1 heterocycles. The van der Waals surface area contributed by atoms with Crippen molar-refractivity contribution in [3.05, 3.63) is 51.6 Å². The minimum absolute atomic E-state index is 0.0522. The van der Waals surface area contributed by atoms with E-state index in [4.69, 9.17) is 0 Å². The number of para-hydroxylation sites is 1. The second-order valence-corrected chi connectivity index (χ2v) is 7.74. The number of fused-ring (bicyclic) bond motifs is 1. The molecule has 0 aromatic heterocycles. The van der Waals surface area contributed by atoms with Crippen molar-refractivity contribution in [2.24, 2.45) is 0 Å². The van der Waals surface area contributed by atoms with Crippen LogP contribution in [-0.4, -0.2) is 24.1 Å². The summed E-state index contributed by atoms with van der Waals surface area (Å²) < 4.78 is 1.11. The molecule has 2 aromatic carbocycles. The maximum absolute atomic E-state index is 12.2. The van der Waals surface area contributed by atoms with Gasteiger partial charge in [0.05, 0.1) is 11.4 Å². The Bertz CT molecular complexity index is 794. The van der Waals surface area contributed by atoms with E-state index in [0.29, 0.717) is 12.3 Å². The molecule has 24 heavy (non-hydrogen) atoms. The Kier molecular flexibility index (Phi) is 5.45. The Morgan fingerprint density at radius 3 is 2.88 bits per heavy atom. The fourth-order valence-electron chi connectivity index (χ4n) is 2.51. The highest BCUT2D eigenvalue weighted by atomic mass is 127. The van der Waals surface area contributed by atoms with Crippen LogP contribution in [0.4, 0.5) is 11.4 Å². The molecule has 0 unspecified atom stereocenters. The minimum Gasteiger partial charge on any atom is -0.326 e. The summed E-state index contributed by atoms with van der Waals surface area (Å²) in [5.41, 5.74) is 2.87. The van der Waals surface area contributed by atoms with Gasteiger partial charge >= 0.3 is 0 Å². The highest BCUT2D eigenvalue weighted by Crippen LogP contribution is 2.34. The smallest absolute Gasteiger partial charge is 0.237 e. The molecule has 1 N–H and O–H groups in total. The number of rotatable bonds is 4. The monoisotopic (exact) mass is 452 g/mol. The van der Waals surface area contributed by atoms with Gasteiger partial charge in [0.1, 0.15) is 0 Å². The molecule has 0 bridgehead atoms. The number of hydrogen-bond acceptors (Lipinski definition) is 3. The summed E-state index contributed by atoms with van der Waals surface area (Å²) in [5.74, 6) is 0.393. The molecule has 2 amide bonds. The lowest BCUT2D eigenvalue weighted by atomic mass is 10.2. The Hall–Kier alpha value is -1.54. The molecule has 6 heteroatoms. The van der Waals surface area contributed by atoms with Crippen molar-refractivity contribution in [1.82, 2.24) is 0 Å². The normalized spacial score (nSPS) is 13.6. The van der Waals surface area contributed by atoms with Gasteiger partial charge in [-0.05, 0) is 59.3 Å². The molecule has 124 valence electrons. The van der Waals surface area contributed by atoms with E-state index in [2.05, 4.69) is 27.9 Å². The van der Waals surface area contributed by atoms with Gasteiger partial charge in [0.15, 0.2) is 0 Å². The number of nitrogens with one attached hydrogen (secondary N) is 1. The van der Waals surface area contributed by atoms with Gasteiger partial charge in [0.25, 0.3) is 0 Å². The third-order valence-corrected chi connectivity index (χ3v) is 6.04. The number of amides is 2. The number of benzene rings is 2. The molecule has 4 nitrogen and oxygen atoms in total. The predicted molar refractivity (Wildman–Crippen MR) is 107 cm³/mol. The molecule has 1 aliphatic rings. The first-order chi connectivity index (χ1) is 11.5. The molecule has 0 atom stereocenters. The van der Waals surface area contributed by atoms with E-state index >= 15 is 0 Å². The quantitative estimate of drug-likeness (QED) is 0.712. The average Bonchev–Trinajstić information content (AvgIpc) is 2.57. The van der Waals surface area contributed by atoms with Crippen LogP contribution < -0.4 is 10.2 Å². The number of hydrogen-bond donors (Lipinski definition) is 1. The van der Waals surface area contributed by atoms with Crippen LogP contribution >= 0.6 is 34.4 Å². The first-order valence-electron chi connectivity index (χ1n) is 7.63. The third-order valence-electron chi connectivity index (χ3n) is 3.83. The van der Waals surface area contributed by atoms with Crippen LogP contribution in [0.1, 0.15) is 12.0 Å². The molecule has 0 spiro atoms. The van der Waals surface area contributed by atoms with Gasteiger partial charge in [-0.3, -0.25) is 9.59 Å². The van der Waals surface area contributed by atoms with Crippen LogP contribution in [0.5, 0.6) is 0 Å². The van der Waals surface area contributed by atoms with Crippen LogP contribution in [-0.2, 0) is 9.59 Å². The van der Waals surface area contributed by atoms with Gasteiger partial charge in [0.2, 0.25) is 11.8 Å². The molecular formula is C18H17IN2O2S. The van der Waals surface area contributed by atoms with Gasteiger partial charge in [-0.15, -0.1) is 11.8 Å². The Labute approximate surface area is 159 Å². The minimum atomic E-state index is -0.0850. The van der Waals surface area contributed by atoms with Gasteiger partial charge in [-0.2, -0.15) is 0 Å². The van der Waals surface area contributed by atoms with E-state index in [1.165, 1.54) is 5.56 Å². The van der Waals surface area contributed by atoms with Crippen LogP contribution in [0.25, 0.3) is 0 Å². The Morgan fingerprint density at radius 1 is 1.29 bits per heavy atom. The highest BCUT2D eigenvalue weighted by molar-refractivity contribution is 14.1. The lowest BCUT2D eigenvalue weighted by Gasteiger charge is -2.28. The maximum Gasteiger partial charge on any atom is 0.237 e. The molecule has 2 aromatic rings. The maximum atomic E-state index is 12.2. The van der Waals surface area contributed by atoms with Crippen molar-refractivity contribution in [2.75, 3.05) is 22.5 Å². The van der Waals surface area contributed by atoms with E-state index in [9.17, 15) is 9.59 Å². The molecule has 0 aliphatic carbocycles. The van der Waals surface area contributed by atoms with Crippen LogP contribution in [0.2, 0.25) is 0 Å². The summed E-state index contributed by atoms with van der Waals surface area (Å²) in [6.45, 7) is 2.43. The van der Waals surface area contributed by atoms with Gasteiger partial charge < -0.3 is 10.2 Å². The summed E-state index contributed by atoms with van der Waals surface area (Å²) in [7, 11) is 0.